The summed E-state index contributed by atoms with van der Waals surface area (Å²) in [6.07, 6.45) is -1.33. The summed E-state index contributed by atoms with van der Waals surface area (Å²) in [6.45, 7) is 0. The number of nitrogens with zero attached hydrogens (tertiary/aromatic N) is 1. The minimum atomic E-state index is -1.16. The van der Waals surface area contributed by atoms with Crippen LogP contribution in [-0.2, 0) is 0 Å². The zero-order valence-corrected chi connectivity index (χ0v) is 9.31. The average Bonchev–Trinajstić information content (AvgIpc) is 2.13. The maximum absolute atomic E-state index is 13.4. The van der Waals surface area contributed by atoms with Crippen LogP contribution in [0.3, 0.4) is 0 Å². The standard InChI is InChI=1S/C9H6BrClFNO/c10-5-1-2-6(11)9(12)8(5)7(14)3-4-13/h1-2,7,14H,3H2. The molecule has 0 aromatic heterocycles. The molecule has 1 atom stereocenters. The number of halogens is 3. The zero-order valence-electron chi connectivity index (χ0n) is 6.97. The topological polar surface area (TPSA) is 44.0 Å². The quantitative estimate of drug-likeness (QED) is 0.844. The fourth-order valence-corrected chi connectivity index (χ4v) is 1.77. The van der Waals surface area contributed by atoms with Crippen molar-refractivity contribution in [2.75, 3.05) is 0 Å². The predicted octanol–water partition coefficient (Wildman–Crippen LogP) is 3.19. The Morgan fingerprint density at radius 2 is 2.29 bits per heavy atom. The Bertz CT molecular complexity index is 391. The number of nitriles is 1. The fraction of sp³-hybridized carbons (Fsp3) is 0.222. The van der Waals surface area contributed by atoms with Crippen LogP contribution in [0.25, 0.3) is 0 Å². The molecule has 0 radical (unpaired) electrons. The van der Waals surface area contributed by atoms with E-state index in [-0.39, 0.29) is 17.0 Å². The predicted molar refractivity (Wildman–Crippen MR) is 54.3 cm³/mol. The smallest absolute Gasteiger partial charge is 0.148 e. The molecule has 0 heterocycles. The molecule has 0 bridgehead atoms. The van der Waals surface area contributed by atoms with E-state index in [1.165, 1.54) is 12.1 Å². The molecule has 0 aliphatic rings. The zero-order chi connectivity index (χ0) is 10.7. The molecule has 0 saturated carbocycles. The van der Waals surface area contributed by atoms with Crippen LogP contribution in [0.4, 0.5) is 4.39 Å². The Labute approximate surface area is 94.0 Å². The first-order valence-electron chi connectivity index (χ1n) is 3.76. The summed E-state index contributed by atoms with van der Waals surface area (Å²) >= 11 is 8.62. The number of benzene rings is 1. The highest BCUT2D eigenvalue weighted by Crippen LogP contribution is 2.31. The van der Waals surface area contributed by atoms with Crippen LogP contribution >= 0.6 is 27.5 Å². The second kappa shape index (κ2) is 4.74. The summed E-state index contributed by atoms with van der Waals surface area (Å²) in [5.41, 5.74) is 0.0269. The Balaban J connectivity index is 3.19. The summed E-state index contributed by atoms with van der Waals surface area (Å²) in [5.74, 6) is -0.691. The molecule has 1 aromatic carbocycles. The molecule has 74 valence electrons. The largest absolute Gasteiger partial charge is 0.387 e. The van der Waals surface area contributed by atoms with Crippen LogP contribution in [0.2, 0.25) is 5.02 Å². The van der Waals surface area contributed by atoms with Crippen molar-refractivity contribution in [3.8, 4) is 6.07 Å². The molecule has 0 spiro atoms. The van der Waals surface area contributed by atoms with Gasteiger partial charge < -0.3 is 5.11 Å². The van der Waals surface area contributed by atoms with Crippen LogP contribution in [0.1, 0.15) is 18.1 Å². The Morgan fingerprint density at radius 1 is 1.64 bits per heavy atom. The highest BCUT2D eigenvalue weighted by atomic mass is 79.9. The van der Waals surface area contributed by atoms with Gasteiger partial charge in [-0.05, 0) is 12.1 Å². The second-order valence-electron chi connectivity index (χ2n) is 2.63. The second-order valence-corrected chi connectivity index (χ2v) is 3.90. The van der Waals surface area contributed by atoms with E-state index in [0.717, 1.165) is 0 Å². The number of aliphatic hydroxyl groups is 1. The minimum Gasteiger partial charge on any atom is -0.387 e. The first kappa shape index (κ1) is 11.4. The van der Waals surface area contributed by atoms with Gasteiger partial charge in [0.05, 0.1) is 23.6 Å². The average molecular weight is 279 g/mol. The van der Waals surface area contributed by atoms with E-state index < -0.39 is 11.9 Å². The van der Waals surface area contributed by atoms with Crippen LogP contribution in [0.15, 0.2) is 16.6 Å². The van der Waals surface area contributed by atoms with Gasteiger partial charge in [0, 0.05) is 10.0 Å². The number of rotatable bonds is 2. The van der Waals surface area contributed by atoms with Gasteiger partial charge in [-0.25, -0.2) is 4.39 Å². The van der Waals surface area contributed by atoms with Crippen molar-refractivity contribution in [3.63, 3.8) is 0 Å². The van der Waals surface area contributed by atoms with E-state index in [2.05, 4.69) is 15.9 Å². The lowest BCUT2D eigenvalue weighted by atomic mass is 10.1. The molecule has 0 amide bonds. The van der Waals surface area contributed by atoms with Crippen molar-refractivity contribution in [1.82, 2.24) is 0 Å². The third-order valence-electron chi connectivity index (χ3n) is 1.70. The van der Waals surface area contributed by atoms with Crippen LogP contribution < -0.4 is 0 Å². The Hall–Kier alpha value is -0.630. The SMILES string of the molecule is N#CCC(O)c1c(Br)ccc(Cl)c1F. The summed E-state index contributed by atoms with van der Waals surface area (Å²) in [4.78, 5) is 0. The van der Waals surface area contributed by atoms with Gasteiger partial charge in [0.2, 0.25) is 0 Å². The molecule has 1 unspecified atom stereocenters. The van der Waals surface area contributed by atoms with E-state index in [4.69, 9.17) is 16.9 Å². The van der Waals surface area contributed by atoms with Gasteiger partial charge in [0.15, 0.2) is 0 Å². The number of hydrogen-bond acceptors (Lipinski definition) is 2. The van der Waals surface area contributed by atoms with E-state index >= 15 is 0 Å². The molecular weight excluding hydrogens is 272 g/mol. The molecule has 1 aromatic rings. The van der Waals surface area contributed by atoms with Crippen molar-refractivity contribution in [2.45, 2.75) is 12.5 Å². The van der Waals surface area contributed by atoms with Gasteiger partial charge in [-0.1, -0.05) is 27.5 Å². The molecule has 5 heteroatoms. The summed E-state index contributed by atoms with van der Waals surface area (Å²) in [6, 6.07) is 4.67. The van der Waals surface area contributed by atoms with Gasteiger partial charge in [-0.3, -0.25) is 0 Å². The van der Waals surface area contributed by atoms with Crippen molar-refractivity contribution >= 4 is 27.5 Å². The van der Waals surface area contributed by atoms with Crippen molar-refractivity contribution in [1.29, 1.82) is 5.26 Å². The first-order chi connectivity index (χ1) is 6.57. The highest BCUT2D eigenvalue weighted by molar-refractivity contribution is 9.10. The molecule has 1 rings (SSSR count). The molecule has 14 heavy (non-hydrogen) atoms. The van der Waals surface area contributed by atoms with Crippen LogP contribution in [0.5, 0.6) is 0 Å². The van der Waals surface area contributed by atoms with Crippen LogP contribution in [0, 0.1) is 17.1 Å². The van der Waals surface area contributed by atoms with Crippen molar-refractivity contribution in [2.24, 2.45) is 0 Å². The Morgan fingerprint density at radius 3 is 2.86 bits per heavy atom. The molecule has 2 nitrogen and oxygen atoms in total. The highest BCUT2D eigenvalue weighted by Gasteiger charge is 2.18. The summed E-state index contributed by atoms with van der Waals surface area (Å²) in [5, 5.41) is 17.8. The lowest BCUT2D eigenvalue weighted by Crippen LogP contribution is -2.01. The third kappa shape index (κ3) is 2.24. The van der Waals surface area contributed by atoms with E-state index in [1.54, 1.807) is 6.07 Å². The summed E-state index contributed by atoms with van der Waals surface area (Å²) in [7, 11) is 0. The normalized spacial score (nSPS) is 12.2. The van der Waals surface area contributed by atoms with Gasteiger partial charge in [-0.2, -0.15) is 5.26 Å². The molecule has 0 fully saturated rings. The molecule has 0 saturated heterocycles. The number of aliphatic hydroxyl groups excluding tert-OH is 1. The summed E-state index contributed by atoms with van der Waals surface area (Å²) < 4.78 is 13.8. The maximum atomic E-state index is 13.4. The monoisotopic (exact) mass is 277 g/mol. The fourth-order valence-electron chi connectivity index (χ4n) is 1.04. The maximum Gasteiger partial charge on any atom is 0.148 e. The molecule has 0 aliphatic heterocycles. The molecule has 1 N–H and O–H groups in total. The lowest BCUT2D eigenvalue weighted by Gasteiger charge is -2.11. The van der Waals surface area contributed by atoms with E-state index in [1.807, 2.05) is 0 Å². The van der Waals surface area contributed by atoms with Crippen LogP contribution in [-0.4, -0.2) is 5.11 Å². The molecular formula is C9H6BrClFNO. The first-order valence-corrected chi connectivity index (χ1v) is 4.93. The van der Waals surface area contributed by atoms with E-state index in [0.29, 0.717) is 4.47 Å². The number of hydrogen-bond donors (Lipinski definition) is 1. The van der Waals surface area contributed by atoms with Crippen molar-refractivity contribution in [3.05, 3.63) is 33.0 Å². The minimum absolute atomic E-state index is 0.0269. The van der Waals surface area contributed by atoms with Gasteiger partial charge in [0.25, 0.3) is 0 Å². The van der Waals surface area contributed by atoms with Gasteiger partial charge >= 0.3 is 0 Å². The van der Waals surface area contributed by atoms with Gasteiger partial charge in [-0.15, -0.1) is 0 Å². The van der Waals surface area contributed by atoms with Crippen molar-refractivity contribution < 1.29 is 9.50 Å². The lowest BCUT2D eigenvalue weighted by molar-refractivity contribution is 0.177. The third-order valence-corrected chi connectivity index (χ3v) is 2.68. The van der Waals surface area contributed by atoms with Gasteiger partial charge in [0.1, 0.15) is 5.82 Å². The van der Waals surface area contributed by atoms with E-state index in [9.17, 15) is 9.50 Å². The Kier molecular flexibility index (Phi) is 3.87. The molecule has 0 aliphatic carbocycles.